The van der Waals surface area contributed by atoms with Crippen LogP contribution in [0, 0.1) is 39.4 Å². The van der Waals surface area contributed by atoms with Gasteiger partial charge in [-0.15, -0.1) is 0 Å². The van der Waals surface area contributed by atoms with Crippen LogP contribution in [0.15, 0.2) is 23.8 Å². The second-order valence-electron chi connectivity index (χ2n) is 28.7. The molecular weight excluding hydrogens is 1250 g/mol. The van der Waals surface area contributed by atoms with Gasteiger partial charge >= 0.3 is 16.4 Å². The summed E-state index contributed by atoms with van der Waals surface area (Å²) in [6, 6.07) is 0. The molecule has 10 aliphatic rings. The Kier molecular flexibility index (Phi) is 21.2. The van der Waals surface area contributed by atoms with Crippen molar-refractivity contribution in [1.29, 1.82) is 0 Å². The SMILES string of the molecule is CO[C@@H]1[C@@H](O)[C@H](O[C@@H]2[C@@H](O)[C@H](O[C@H]3[C@H](O)[C@@H](O)[C@H](O[C@H]4[C@H](O[C@H]5CC[C@]6(C)C7=C[C@H](O)[C@]89C(=O)O[C@@](C)(C/C=C/C(C)(C)O)[C@H]8CC[C@@]9(C)[C@@H]7CC[C@H]6C5(C)C)OC[C@@H](O[C@@H]5O[C@H](COS(=O)(=O)O)[C@@H](O)[C@H](O)[C@H]5O)[C@@H]4O)O[C@@H]3C)O[C@H](CO)[C@H]2O)O[C@H](CO)[C@H]1O. The molecule has 0 amide bonds. The highest BCUT2D eigenvalue weighted by molar-refractivity contribution is 7.80. The monoisotopic (exact) mass is 1340 g/mol. The first-order chi connectivity index (χ1) is 42.9. The third-order valence-electron chi connectivity index (χ3n) is 22.3. The molecule has 528 valence electrons. The van der Waals surface area contributed by atoms with E-state index in [1.54, 1.807) is 19.9 Å². The van der Waals surface area contributed by atoms with E-state index in [4.69, 9.17) is 56.8 Å². The van der Waals surface area contributed by atoms with Crippen LogP contribution in [-0.4, -0.2) is 295 Å². The second-order valence-corrected chi connectivity index (χ2v) is 29.8. The summed E-state index contributed by atoms with van der Waals surface area (Å²) in [6.45, 7) is 11.7. The highest BCUT2D eigenvalue weighted by Gasteiger charge is 2.79. The maximum atomic E-state index is 14.6. The molecule has 0 aromatic rings. The van der Waals surface area contributed by atoms with Crippen molar-refractivity contribution in [2.45, 2.75) is 271 Å². The van der Waals surface area contributed by atoms with E-state index in [0.717, 1.165) is 5.57 Å². The largest absolute Gasteiger partial charge is 0.458 e. The molecule has 0 radical (unpaired) electrons. The molecule has 1 spiro atoms. The molecule has 3 saturated carbocycles. The lowest BCUT2D eigenvalue weighted by atomic mass is 9.40. The minimum Gasteiger partial charge on any atom is -0.458 e. The number of carbonyl (C=O) groups is 1. The van der Waals surface area contributed by atoms with Crippen molar-refractivity contribution in [2.24, 2.45) is 39.4 Å². The van der Waals surface area contributed by atoms with Crippen molar-refractivity contribution < 1.29 is 150 Å². The smallest absolute Gasteiger partial charge is 0.397 e. The number of ether oxygens (including phenoxy) is 12. The quantitative estimate of drug-likeness (QED) is 0.0255. The number of esters is 1. The Morgan fingerprint density at radius 1 is 0.630 bits per heavy atom. The van der Waals surface area contributed by atoms with Gasteiger partial charge in [0.15, 0.2) is 31.5 Å². The Bertz CT molecular complexity index is 2750. The molecule has 0 aromatic carbocycles. The fourth-order valence-corrected chi connectivity index (χ4v) is 17.8. The fraction of sp³-hybridized carbons (Fsp3) is 0.917. The summed E-state index contributed by atoms with van der Waals surface area (Å²) in [5, 5.41) is 156. The van der Waals surface area contributed by atoms with Crippen LogP contribution in [0.25, 0.3) is 0 Å². The number of hydrogen-bond donors (Lipinski definition) is 15. The van der Waals surface area contributed by atoms with Gasteiger partial charge in [0.05, 0.1) is 50.3 Å². The molecule has 92 heavy (non-hydrogen) atoms. The first-order valence-corrected chi connectivity index (χ1v) is 33.0. The van der Waals surface area contributed by atoms with E-state index < -0.39 is 235 Å². The predicted octanol–water partition coefficient (Wildman–Crippen LogP) is -3.80. The summed E-state index contributed by atoms with van der Waals surface area (Å²) in [7, 11) is -3.92. The summed E-state index contributed by atoms with van der Waals surface area (Å²) in [5.41, 5.74) is -4.10. The third-order valence-corrected chi connectivity index (χ3v) is 22.7. The first-order valence-electron chi connectivity index (χ1n) is 31.6. The Labute approximate surface area is 532 Å². The molecule has 32 heteroatoms. The Balaban J connectivity index is 0.883. The number of fused-ring (bicyclic) bond motifs is 4. The van der Waals surface area contributed by atoms with Crippen LogP contribution in [0.4, 0.5) is 0 Å². The average Bonchev–Trinajstić information content (AvgIpc) is 1.45. The number of hydrogen-bond acceptors (Lipinski definition) is 30. The summed E-state index contributed by atoms with van der Waals surface area (Å²) in [6.07, 6.45) is -34.8. The molecule has 6 aliphatic heterocycles. The van der Waals surface area contributed by atoms with Crippen molar-refractivity contribution >= 4 is 16.4 Å². The second kappa shape index (κ2) is 26.8. The molecule has 10 rings (SSSR count). The lowest BCUT2D eigenvalue weighted by molar-refractivity contribution is -0.394. The van der Waals surface area contributed by atoms with E-state index in [9.17, 15) is 89.3 Å². The highest BCUT2D eigenvalue weighted by atomic mass is 32.3. The molecule has 6 saturated heterocycles. The van der Waals surface area contributed by atoms with Gasteiger partial charge in [-0.25, -0.2) is 4.18 Å². The van der Waals surface area contributed by atoms with Crippen LogP contribution >= 0.6 is 0 Å². The average molecular weight is 1350 g/mol. The van der Waals surface area contributed by atoms with Gasteiger partial charge in [0.1, 0.15) is 121 Å². The van der Waals surface area contributed by atoms with Gasteiger partial charge in [-0.2, -0.15) is 8.42 Å². The van der Waals surface area contributed by atoms with Gasteiger partial charge in [-0.05, 0) is 94.3 Å². The van der Waals surface area contributed by atoms with Crippen molar-refractivity contribution in [3.63, 3.8) is 0 Å². The van der Waals surface area contributed by atoms with Crippen molar-refractivity contribution in [1.82, 2.24) is 0 Å². The number of carbonyl (C=O) groups excluding carboxylic acids is 1. The van der Waals surface area contributed by atoms with Crippen molar-refractivity contribution in [2.75, 3.05) is 33.5 Å². The summed E-state index contributed by atoms with van der Waals surface area (Å²) in [4.78, 5) is 14.6. The standard InChI is InChI=1S/C60H96O31S/c1-24-45(88-52-44(73)47(37(66)28(21-62)84-52)89-51-43(72)46(79-9)36(65)27(20-61)83-51)40(69)42(71)49(82-24)90-48-38(67)29(85-50-41(70)39(68)35(64)30(86-50)23-81-92(76,77)78)22-80-53(48)87-34-14-17-57(6)26-19-33(63)60-32(59(8,91-54(60)74)16-10-15-55(2,3)75)13-18-58(60,7)25(26)11-12-31(57)56(34,4)5/h10,15,19,24-25,27-53,61-73,75H,11-14,16-18,20-23H2,1-9H3,(H,76,77,78)/b15-10+/t24-,25-,27-,28-,29-,30-,31+,32-,33+,34+,35-,36-,37-,38+,39+,40-,41-,42-,43-,44-,45-,46+,47+,48-,49+,50-,51+,52+,53+,57-,58+,59+,60+/m1/s1. The Hall–Kier alpha value is -2.18. The van der Waals surface area contributed by atoms with E-state index in [1.165, 1.54) is 14.0 Å². The highest BCUT2D eigenvalue weighted by Crippen LogP contribution is 2.76. The van der Waals surface area contributed by atoms with Gasteiger partial charge in [0, 0.05) is 19.4 Å². The minimum atomic E-state index is -5.09. The molecule has 31 nitrogen and oxygen atoms in total. The van der Waals surface area contributed by atoms with Gasteiger partial charge in [-0.3, -0.25) is 9.35 Å². The maximum absolute atomic E-state index is 14.6. The van der Waals surface area contributed by atoms with Crippen LogP contribution in [-0.2, 0) is 76.2 Å². The van der Waals surface area contributed by atoms with Gasteiger partial charge < -0.3 is 128 Å². The van der Waals surface area contributed by atoms with E-state index in [2.05, 4.69) is 18.0 Å². The van der Waals surface area contributed by atoms with Gasteiger partial charge in [0.2, 0.25) is 0 Å². The van der Waals surface area contributed by atoms with E-state index in [1.807, 2.05) is 32.9 Å². The number of methoxy groups -OCH3 is 1. The van der Waals surface area contributed by atoms with E-state index in [0.29, 0.717) is 44.9 Å². The maximum Gasteiger partial charge on any atom is 0.397 e. The van der Waals surface area contributed by atoms with Crippen LogP contribution in [0.2, 0.25) is 0 Å². The van der Waals surface area contributed by atoms with Crippen LogP contribution < -0.4 is 0 Å². The molecule has 0 bridgehead atoms. The molecule has 33 atom stereocenters. The zero-order valence-electron chi connectivity index (χ0n) is 52.9. The molecule has 15 N–H and O–H groups in total. The lowest BCUT2D eigenvalue weighted by Crippen LogP contribution is -2.67. The number of cyclic esters (lactones) is 1. The van der Waals surface area contributed by atoms with Crippen LogP contribution in [0.1, 0.15) is 100 Å². The van der Waals surface area contributed by atoms with Gasteiger partial charge in [-0.1, -0.05) is 51.5 Å². The first kappa shape index (κ1) is 72.6. The summed E-state index contributed by atoms with van der Waals surface area (Å²) in [5.74, 6) is -0.950. The number of aliphatic hydroxyl groups excluding tert-OH is 13. The summed E-state index contributed by atoms with van der Waals surface area (Å²) < 4.78 is 109. The number of allylic oxidation sites excluding steroid dienone is 1. The van der Waals surface area contributed by atoms with Crippen molar-refractivity contribution in [3.8, 4) is 0 Å². The molecular formula is C60H96O31S. The molecule has 0 aromatic heterocycles. The fourth-order valence-electron chi connectivity index (χ4n) is 17.5. The molecule has 6 heterocycles. The van der Waals surface area contributed by atoms with Crippen molar-refractivity contribution in [3.05, 3.63) is 23.8 Å². The zero-order chi connectivity index (χ0) is 67.5. The normalized spacial score (nSPS) is 51.4. The number of aliphatic hydroxyl groups is 14. The predicted molar refractivity (Wildman–Crippen MR) is 306 cm³/mol. The minimum absolute atomic E-state index is 0.0968. The summed E-state index contributed by atoms with van der Waals surface area (Å²) >= 11 is 0. The van der Waals surface area contributed by atoms with Crippen LogP contribution in [0.3, 0.4) is 0 Å². The number of rotatable bonds is 19. The molecule has 0 unspecified atom stereocenters. The molecule has 4 aliphatic carbocycles. The van der Waals surface area contributed by atoms with Crippen LogP contribution in [0.5, 0.6) is 0 Å². The Morgan fingerprint density at radius 3 is 1.83 bits per heavy atom. The molecule has 9 fully saturated rings. The Morgan fingerprint density at radius 2 is 1.21 bits per heavy atom. The zero-order valence-corrected chi connectivity index (χ0v) is 53.7. The lowest BCUT2D eigenvalue weighted by Gasteiger charge is -2.64. The van der Waals surface area contributed by atoms with E-state index >= 15 is 0 Å². The topological polar surface area (TPSA) is 475 Å². The third kappa shape index (κ3) is 12.8. The van der Waals surface area contributed by atoms with Gasteiger partial charge in [0.25, 0.3) is 0 Å². The van der Waals surface area contributed by atoms with E-state index in [-0.39, 0.29) is 17.8 Å².